The van der Waals surface area contributed by atoms with Crippen LogP contribution in [0.25, 0.3) is 0 Å². The second kappa shape index (κ2) is 4.38. The van der Waals surface area contributed by atoms with Gasteiger partial charge in [-0.15, -0.1) is 6.58 Å². The van der Waals surface area contributed by atoms with Crippen LogP contribution in [-0.2, 0) is 0 Å². The van der Waals surface area contributed by atoms with Gasteiger partial charge in [-0.25, -0.2) is 0 Å². The van der Waals surface area contributed by atoms with Crippen molar-refractivity contribution in [1.29, 1.82) is 0 Å². The fourth-order valence-corrected chi connectivity index (χ4v) is 1.60. The second-order valence-corrected chi connectivity index (χ2v) is 3.40. The molecule has 0 heterocycles. The Hall–Kier alpha value is -0.520. The quantitative estimate of drug-likeness (QED) is 0.526. The molecule has 0 saturated carbocycles. The van der Waals surface area contributed by atoms with Gasteiger partial charge in [-0.3, -0.25) is 0 Å². The Morgan fingerprint density at radius 1 is 1.45 bits per heavy atom. The first-order valence-electron chi connectivity index (χ1n) is 4.66. The van der Waals surface area contributed by atoms with Crippen molar-refractivity contribution in [2.24, 2.45) is 5.92 Å². The summed E-state index contributed by atoms with van der Waals surface area (Å²) in [4.78, 5) is 0. The van der Waals surface area contributed by atoms with Crippen molar-refractivity contribution in [3.8, 4) is 0 Å². The van der Waals surface area contributed by atoms with E-state index < -0.39 is 0 Å². The van der Waals surface area contributed by atoms with Gasteiger partial charge in [0.15, 0.2) is 0 Å². The minimum absolute atomic E-state index is 0.605. The topological polar surface area (TPSA) is 0 Å². The molecule has 0 aromatic carbocycles. The molecule has 0 aromatic heterocycles. The molecule has 1 rings (SSSR count). The van der Waals surface area contributed by atoms with Crippen LogP contribution in [0.15, 0.2) is 24.3 Å². The lowest BCUT2D eigenvalue weighted by Gasteiger charge is -2.09. The Bertz CT molecular complexity index is 153. The molecule has 0 heteroatoms. The zero-order chi connectivity index (χ0) is 8.10. The maximum Gasteiger partial charge on any atom is -0.00543 e. The van der Waals surface area contributed by atoms with Crippen LogP contribution in [0.1, 0.15) is 39.0 Å². The minimum atomic E-state index is 0.605. The summed E-state index contributed by atoms with van der Waals surface area (Å²) < 4.78 is 0. The van der Waals surface area contributed by atoms with E-state index in [0.717, 1.165) is 0 Å². The normalized spacial score (nSPS) is 21.7. The maximum atomic E-state index is 3.83. The average molecular weight is 150 g/mol. The van der Waals surface area contributed by atoms with Gasteiger partial charge in [-0.05, 0) is 31.6 Å². The first kappa shape index (κ1) is 8.58. The summed E-state index contributed by atoms with van der Waals surface area (Å²) in [6, 6.07) is 0. The summed E-state index contributed by atoms with van der Waals surface area (Å²) in [5, 5.41) is 0. The third kappa shape index (κ3) is 2.53. The fourth-order valence-electron chi connectivity index (χ4n) is 1.60. The molecule has 0 spiro atoms. The van der Waals surface area contributed by atoms with Crippen LogP contribution in [0, 0.1) is 5.92 Å². The first-order valence-corrected chi connectivity index (χ1v) is 4.66. The number of hydrogen-bond acceptors (Lipinski definition) is 0. The van der Waals surface area contributed by atoms with Crippen molar-refractivity contribution in [3.63, 3.8) is 0 Å². The molecule has 0 fully saturated rings. The van der Waals surface area contributed by atoms with E-state index in [1.165, 1.54) is 32.1 Å². The summed E-state index contributed by atoms with van der Waals surface area (Å²) in [6.07, 6.45) is 11.2. The van der Waals surface area contributed by atoms with E-state index in [0.29, 0.717) is 5.92 Å². The van der Waals surface area contributed by atoms with Crippen LogP contribution >= 0.6 is 0 Å². The number of rotatable bonds is 2. The molecule has 0 N–H and O–H groups in total. The molecule has 0 saturated heterocycles. The monoisotopic (exact) mass is 150 g/mol. The van der Waals surface area contributed by atoms with E-state index in [-0.39, 0.29) is 0 Å². The molecule has 0 nitrogen and oxygen atoms in total. The van der Waals surface area contributed by atoms with Crippen LogP contribution in [0.2, 0.25) is 0 Å². The van der Waals surface area contributed by atoms with E-state index in [4.69, 9.17) is 0 Å². The van der Waals surface area contributed by atoms with Crippen molar-refractivity contribution in [1.82, 2.24) is 0 Å². The molecule has 1 aliphatic carbocycles. The third-order valence-corrected chi connectivity index (χ3v) is 2.51. The van der Waals surface area contributed by atoms with Crippen molar-refractivity contribution in [3.05, 3.63) is 24.3 Å². The summed E-state index contributed by atoms with van der Waals surface area (Å²) in [5.74, 6) is 0.605. The molecule has 62 valence electrons. The van der Waals surface area contributed by atoms with E-state index in [2.05, 4.69) is 25.7 Å². The van der Waals surface area contributed by atoms with E-state index >= 15 is 0 Å². The highest BCUT2D eigenvalue weighted by Gasteiger charge is 2.06. The highest BCUT2D eigenvalue weighted by Crippen LogP contribution is 2.23. The Morgan fingerprint density at radius 2 is 2.27 bits per heavy atom. The summed E-state index contributed by atoms with van der Waals surface area (Å²) in [6.45, 7) is 6.07. The Balaban J connectivity index is 2.52. The molecule has 1 atom stereocenters. The van der Waals surface area contributed by atoms with Gasteiger partial charge in [0.2, 0.25) is 0 Å². The summed E-state index contributed by atoms with van der Waals surface area (Å²) >= 11 is 0. The highest BCUT2D eigenvalue weighted by molar-refractivity contribution is 5.11. The molecule has 0 amide bonds. The molecular formula is C11H18. The lowest BCUT2D eigenvalue weighted by atomic mass is 9.97. The molecule has 0 radical (unpaired) electrons. The molecular weight excluding hydrogens is 132 g/mol. The number of allylic oxidation sites excluding steroid dienone is 3. The van der Waals surface area contributed by atoms with Gasteiger partial charge in [0.1, 0.15) is 0 Å². The standard InChI is InChI=1S/C11H18/c1-3-10(2)11-8-6-4-5-7-9-11/h3,8,10H,1,4-7,9H2,2H3. The molecule has 0 aliphatic heterocycles. The van der Waals surface area contributed by atoms with Crippen LogP contribution in [0.5, 0.6) is 0 Å². The van der Waals surface area contributed by atoms with Crippen molar-refractivity contribution >= 4 is 0 Å². The Kier molecular flexibility index (Phi) is 3.41. The molecule has 0 bridgehead atoms. The SMILES string of the molecule is C=CC(C)C1=CCCCCC1. The molecule has 0 aromatic rings. The molecule has 11 heavy (non-hydrogen) atoms. The molecule has 1 aliphatic rings. The third-order valence-electron chi connectivity index (χ3n) is 2.51. The van der Waals surface area contributed by atoms with Crippen LogP contribution in [0.3, 0.4) is 0 Å². The predicted molar refractivity (Wildman–Crippen MR) is 50.5 cm³/mol. The van der Waals surface area contributed by atoms with Gasteiger partial charge in [0.25, 0.3) is 0 Å². The Labute approximate surface area is 70.0 Å². The van der Waals surface area contributed by atoms with Gasteiger partial charge in [0.05, 0.1) is 0 Å². The zero-order valence-corrected chi connectivity index (χ0v) is 7.47. The Morgan fingerprint density at radius 3 is 3.00 bits per heavy atom. The lowest BCUT2D eigenvalue weighted by Crippen LogP contribution is -1.93. The van der Waals surface area contributed by atoms with Gasteiger partial charge in [-0.1, -0.05) is 31.1 Å². The van der Waals surface area contributed by atoms with Gasteiger partial charge < -0.3 is 0 Å². The fraction of sp³-hybridized carbons (Fsp3) is 0.636. The maximum absolute atomic E-state index is 3.83. The van der Waals surface area contributed by atoms with E-state index in [9.17, 15) is 0 Å². The smallest absolute Gasteiger partial charge is 0.00543 e. The predicted octanol–water partition coefficient (Wildman–Crippen LogP) is 3.70. The van der Waals surface area contributed by atoms with Crippen LogP contribution in [0.4, 0.5) is 0 Å². The van der Waals surface area contributed by atoms with Crippen LogP contribution < -0.4 is 0 Å². The largest absolute Gasteiger partial charge is 0.102 e. The molecule has 1 unspecified atom stereocenters. The van der Waals surface area contributed by atoms with Crippen molar-refractivity contribution < 1.29 is 0 Å². The van der Waals surface area contributed by atoms with Gasteiger partial charge in [-0.2, -0.15) is 0 Å². The lowest BCUT2D eigenvalue weighted by molar-refractivity contribution is 0.688. The van der Waals surface area contributed by atoms with Crippen molar-refractivity contribution in [2.75, 3.05) is 0 Å². The average Bonchev–Trinajstić information content (AvgIpc) is 2.30. The zero-order valence-electron chi connectivity index (χ0n) is 7.47. The number of hydrogen-bond donors (Lipinski definition) is 0. The first-order chi connectivity index (χ1) is 5.34. The van der Waals surface area contributed by atoms with E-state index in [1.807, 2.05) is 0 Å². The minimum Gasteiger partial charge on any atom is -0.102 e. The summed E-state index contributed by atoms with van der Waals surface area (Å²) in [7, 11) is 0. The van der Waals surface area contributed by atoms with Gasteiger partial charge in [0, 0.05) is 0 Å². The van der Waals surface area contributed by atoms with Gasteiger partial charge >= 0.3 is 0 Å². The summed E-state index contributed by atoms with van der Waals surface area (Å²) in [5.41, 5.74) is 1.61. The second-order valence-electron chi connectivity index (χ2n) is 3.40. The van der Waals surface area contributed by atoms with Crippen molar-refractivity contribution in [2.45, 2.75) is 39.0 Å². The van der Waals surface area contributed by atoms with Crippen LogP contribution in [-0.4, -0.2) is 0 Å². The van der Waals surface area contributed by atoms with E-state index in [1.54, 1.807) is 5.57 Å². The highest BCUT2D eigenvalue weighted by atomic mass is 14.1.